The molecule has 0 bridgehead atoms. The van der Waals surface area contributed by atoms with Crippen molar-refractivity contribution < 1.29 is 14.3 Å². The highest BCUT2D eigenvalue weighted by Gasteiger charge is 2.59. The number of nitrogens with two attached hydrogens (primary N) is 2. The molecule has 52 heavy (non-hydrogen) atoms. The van der Waals surface area contributed by atoms with Crippen molar-refractivity contribution in [3.05, 3.63) is 11.6 Å². The molecule has 0 spiro atoms. The summed E-state index contributed by atoms with van der Waals surface area (Å²) in [6, 6.07) is 0.325. The van der Waals surface area contributed by atoms with Crippen LogP contribution >= 0.6 is 24.8 Å². The van der Waals surface area contributed by atoms with E-state index in [2.05, 4.69) is 47.6 Å². The standard InChI is InChI=1S/C44H79N3O3.2ClH/c1-31(2)14-13-15-32(3)38-19-20-39-37-18-17-35-30-36(23-26-43(35,6)40(37)24-27-44(38,39)7)50-42(49)22-21-41(48)47(29-25-34(5)46)28-12-10-8-9-11-16-33(4)45;;/h17,31-34,36-40H,8-16,18-30,45-46H2,1-7H3;2*1H. The van der Waals surface area contributed by atoms with Crippen molar-refractivity contribution in [1.29, 1.82) is 0 Å². The highest BCUT2D eigenvalue weighted by atomic mass is 35.5. The van der Waals surface area contributed by atoms with Crippen LogP contribution in [0.5, 0.6) is 0 Å². The normalized spacial score (nSPS) is 31.1. The van der Waals surface area contributed by atoms with Crippen LogP contribution in [0.2, 0.25) is 0 Å². The Morgan fingerprint density at radius 1 is 0.788 bits per heavy atom. The van der Waals surface area contributed by atoms with Crippen molar-refractivity contribution in [2.45, 2.75) is 195 Å². The molecule has 10 unspecified atom stereocenters. The van der Waals surface area contributed by atoms with Crippen molar-refractivity contribution in [3.63, 3.8) is 0 Å². The Hall–Kier alpha value is -0.820. The molecule has 6 nitrogen and oxygen atoms in total. The lowest BCUT2D eigenvalue weighted by Crippen LogP contribution is -2.51. The average molecular weight is 771 g/mol. The van der Waals surface area contributed by atoms with Crippen molar-refractivity contribution in [3.8, 4) is 0 Å². The maximum atomic E-state index is 13.2. The monoisotopic (exact) mass is 770 g/mol. The van der Waals surface area contributed by atoms with Crippen molar-refractivity contribution in [2.75, 3.05) is 13.1 Å². The largest absolute Gasteiger partial charge is 0.462 e. The van der Waals surface area contributed by atoms with Gasteiger partial charge in [-0.3, -0.25) is 9.59 Å². The minimum absolute atomic E-state index is 0. The Morgan fingerprint density at radius 2 is 1.48 bits per heavy atom. The van der Waals surface area contributed by atoms with Crippen LogP contribution in [0, 0.1) is 46.3 Å². The van der Waals surface area contributed by atoms with E-state index in [0.717, 1.165) is 87.0 Å². The van der Waals surface area contributed by atoms with Gasteiger partial charge in [-0.1, -0.05) is 91.2 Å². The second kappa shape index (κ2) is 22.1. The van der Waals surface area contributed by atoms with E-state index in [1.54, 1.807) is 5.57 Å². The number of halogens is 2. The first kappa shape index (κ1) is 47.3. The minimum atomic E-state index is -0.213. The molecule has 0 saturated heterocycles. The molecule has 0 aromatic heterocycles. The fourth-order valence-corrected chi connectivity index (χ4v) is 11.4. The van der Waals surface area contributed by atoms with E-state index in [-0.39, 0.29) is 73.1 Å². The zero-order valence-electron chi connectivity index (χ0n) is 34.5. The summed E-state index contributed by atoms with van der Waals surface area (Å²) in [5.41, 5.74) is 14.2. The van der Waals surface area contributed by atoms with E-state index < -0.39 is 0 Å². The number of fused-ring (bicyclic) bond motifs is 5. The molecular weight excluding hydrogens is 689 g/mol. The van der Waals surface area contributed by atoms with Crippen molar-refractivity contribution >= 4 is 36.7 Å². The van der Waals surface area contributed by atoms with Crippen LogP contribution in [0.25, 0.3) is 0 Å². The van der Waals surface area contributed by atoms with Gasteiger partial charge in [0.15, 0.2) is 0 Å². The number of hydrogen-bond acceptors (Lipinski definition) is 5. The van der Waals surface area contributed by atoms with Gasteiger partial charge in [-0.15, -0.1) is 24.8 Å². The molecule has 3 saturated carbocycles. The Bertz CT molecular complexity index is 1110. The van der Waals surface area contributed by atoms with E-state index in [0.29, 0.717) is 12.0 Å². The van der Waals surface area contributed by atoms with E-state index >= 15 is 0 Å². The van der Waals surface area contributed by atoms with E-state index in [9.17, 15) is 9.59 Å². The summed E-state index contributed by atoms with van der Waals surface area (Å²) in [4.78, 5) is 28.3. The minimum Gasteiger partial charge on any atom is -0.462 e. The summed E-state index contributed by atoms with van der Waals surface area (Å²) in [5.74, 6) is 4.82. The molecule has 8 heteroatoms. The third-order valence-electron chi connectivity index (χ3n) is 14.4. The van der Waals surface area contributed by atoms with E-state index in [4.69, 9.17) is 16.2 Å². The summed E-state index contributed by atoms with van der Waals surface area (Å²) in [5, 5.41) is 0. The summed E-state index contributed by atoms with van der Waals surface area (Å²) >= 11 is 0. The van der Waals surface area contributed by atoms with Gasteiger partial charge in [0.05, 0.1) is 6.42 Å². The van der Waals surface area contributed by atoms with Gasteiger partial charge < -0.3 is 21.1 Å². The van der Waals surface area contributed by atoms with Gasteiger partial charge in [0.25, 0.3) is 0 Å². The number of allylic oxidation sites excluding steroid dienone is 1. The summed E-state index contributed by atoms with van der Waals surface area (Å²) in [7, 11) is 0. The highest BCUT2D eigenvalue weighted by Crippen LogP contribution is 2.67. The van der Waals surface area contributed by atoms with Crippen LogP contribution in [0.15, 0.2) is 11.6 Å². The number of unbranched alkanes of at least 4 members (excludes halogenated alkanes) is 4. The Balaban J connectivity index is 0.00000468. The van der Waals surface area contributed by atoms with Gasteiger partial charge in [0, 0.05) is 38.0 Å². The van der Waals surface area contributed by atoms with Crippen LogP contribution in [-0.4, -0.2) is 48.1 Å². The van der Waals surface area contributed by atoms with Gasteiger partial charge in [-0.2, -0.15) is 0 Å². The van der Waals surface area contributed by atoms with Gasteiger partial charge in [-0.25, -0.2) is 0 Å². The first-order valence-electron chi connectivity index (χ1n) is 21.4. The molecule has 0 radical (unpaired) electrons. The topological polar surface area (TPSA) is 98.7 Å². The molecule has 10 atom stereocenters. The van der Waals surface area contributed by atoms with Crippen LogP contribution < -0.4 is 11.5 Å². The molecule has 1 amide bonds. The van der Waals surface area contributed by atoms with E-state index in [1.165, 1.54) is 70.6 Å². The number of esters is 1. The predicted molar refractivity (Wildman–Crippen MR) is 223 cm³/mol. The van der Waals surface area contributed by atoms with Gasteiger partial charge in [-0.05, 0) is 124 Å². The average Bonchev–Trinajstić information content (AvgIpc) is 3.41. The second-order valence-corrected chi connectivity index (χ2v) is 18.8. The van der Waals surface area contributed by atoms with Gasteiger partial charge in [0.2, 0.25) is 5.91 Å². The molecule has 3 fully saturated rings. The molecule has 4 aliphatic rings. The predicted octanol–water partition coefficient (Wildman–Crippen LogP) is 10.8. The lowest BCUT2D eigenvalue weighted by Gasteiger charge is -2.58. The Labute approximate surface area is 332 Å². The molecule has 4 N–H and O–H groups in total. The number of rotatable bonds is 20. The van der Waals surface area contributed by atoms with Crippen LogP contribution in [-0.2, 0) is 14.3 Å². The smallest absolute Gasteiger partial charge is 0.306 e. The number of amides is 1. The molecule has 4 aliphatic carbocycles. The Morgan fingerprint density at radius 3 is 2.17 bits per heavy atom. The molecule has 0 aromatic carbocycles. The zero-order valence-corrected chi connectivity index (χ0v) is 36.1. The first-order chi connectivity index (χ1) is 23.7. The van der Waals surface area contributed by atoms with Crippen LogP contribution in [0.3, 0.4) is 0 Å². The molecule has 0 aromatic rings. The SMILES string of the molecule is CC(C)CCCC(C)C1CCC2C3CC=C4CC(OC(=O)CCC(=O)N(CCCCCCCC(C)N)CCC(C)N)CCC4(C)C3CCC12C.Cl.Cl. The lowest BCUT2D eigenvalue weighted by molar-refractivity contribution is -0.153. The summed E-state index contributed by atoms with van der Waals surface area (Å²) in [6.45, 7) is 18.0. The summed E-state index contributed by atoms with van der Waals surface area (Å²) in [6.07, 6.45) is 24.3. The molecular formula is C44H81Cl2N3O3. The molecule has 0 heterocycles. The molecule has 304 valence electrons. The fraction of sp³-hybridized carbons (Fsp3) is 0.909. The van der Waals surface area contributed by atoms with E-state index in [1.807, 2.05) is 11.8 Å². The van der Waals surface area contributed by atoms with Crippen LogP contribution in [0.1, 0.15) is 177 Å². The quantitative estimate of drug-likeness (QED) is 0.0730. The molecule has 4 rings (SSSR count). The fourth-order valence-electron chi connectivity index (χ4n) is 11.4. The van der Waals surface area contributed by atoms with Gasteiger partial charge in [0.1, 0.15) is 6.10 Å². The number of ether oxygens (including phenoxy) is 1. The Kier molecular flexibility index (Phi) is 20.1. The third kappa shape index (κ3) is 12.6. The van der Waals surface area contributed by atoms with Crippen molar-refractivity contribution in [1.82, 2.24) is 4.90 Å². The highest BCUT2D eigenvalue weighted by molar-refractivity contribution is 5.85. The first-order valence-corrected chi connectivity index (χ1v) is 21.4. The lowest BCUT2D eigenvalue weighted by atomic mass is 9.47. The maximum Gasteiger partial charge on any atom is 0.306 e. The second-order valence-electron chi connectivity index (χ2n) is 18.8. The number of carbonyl (C=O) groups excluding carboxylic acids is 2. The molecule has 0 aliphatic heterocycles. The zero-order chi connectivity index (χ0) is 36.5. The van der Waals surface area contributed by atoms with Crippen LogP contribution in [0.4, 0.5) is 0 Å². The van der Waals surface area contributed by atoms with Gasteiger partial charge >= 0.3 is 5.97 Å². The third-order valence-corrected chi connectivity index (χ3v) is 14.4. The maximum absolute atomic E-state index is 13.2. The summed E-state index contributed by atoms with van der Waals surface area (Å²) < 4.78 is 6.10. The number of carbonyl (C=O) groups is 2. The number of hydrogen-bond donors (Lipinski definition) is 2. The number of nitrogens with zero attached hydrogens (tertiary/aromatic N) is 1. The van der Waals surface area contributed by atoms with Crippen molar-refractivity contribution in [2.24, 2.45) is 57.8 Å².